The summed E-state index contributed by atoms with van der Waals surface area (Å²) in [4.78, 5) is 4.50. The van der Waals surface area contributed by atoms with Gasteiger partial charge in [0, 0.05) is 31.1 Å². The minimum absolute atomic E-state index is 0.128. The summed E-state index contributed by atoms with van der Waals surface area (Å²) >= 11 is 1.84. The molecule has 0 saturated carbocycles. The minimum Gasteiger partial charge on any atom is -0.381 e. The fourth-order valence-electron chi connectivity index (χ4n) is 2.75. The molecule has 146 valence electrons. The van der Waals surface area contributed by atoms with Crippen LogP contribution in [-0.4, -0.2) is 43.3 Å². The van der Waals surface area contributed by atoms with E-state index in [2.05, 4.69) is 21.9 Å². The third-order valence-corrected chi connectivity index (χ3v) is 5.88. The van der Waals surface area contributed by atoms with Gasteiger partial charge in [0.05, 0.1) is 12.1 Å². The first kappa shape index (κ1) is 20.9. The van der Waals surface area contributed by atoms with Crippen molar-refractivity contribution in [3.05, 3.63) is 35.4 Å². The molecule has 0 spiro atoms. The van der Waals surface area contributed by atoms with Crippen LogP contribution >= 0.6 is 11.8 Å². The van der Waals surface area contributed by atoms with E-state index in [0.717, 1.165) is 50.3 Å². The summed E-state index contributed by atoms with van der Waals surface area (Å²) in [6, 6.07) is 5.13. The first-order chi connectivity index (χ1) is 12.4. The van der Waals surface area contributed by atoms with E-state index in [0.29, 0.717) is 19.0 Å². The Balaban J connectivity index is 1.97. The highest BCUT2D eigenvalue weighted by atomic mass is 32.2. The van der Waals surface area contributed by atoms with Crippen molar-refractivity contribution in [1.82, 2.24) is 10.6 Å². The number of benzene rings is 1. The van der Waals surface area contributed by atoms with E-state index in [1.54, 1.807) is 0 Å². The van der Waals surface area contributed by atoms with Crippen molar-refractivity contribution in [3.8, 4) is 0 Å². The molecule has 1 aromatic carbocycles. The van der Waals surface area contributed by atoms with Crippen LogP contribution in [0.25, 0.3) is 0 Å². The van der Waals surface area contributed by atoms with Crippen LogP contribution < -0.4 is 10.6 Å². The zero-order chi connectivity index (χ0) is 19.0. The van der Waals surface area contributed by atoms with E-state index in [-0.39, 0.29) is 4.75 Å². The predicted molar refractivity (Wildman–Crippen MR) is 101 cm³/mol. The second-order valence-electron chi connectivity index (χ2n) is 6.24. The first-order valence-corrected chi connectivity index (χ1v) is 9.92. The molecule has 8 heteroatoms. The lowest BCUT2D eigenvalue weighted by Gasteiger charge is -2.36. The number of aliphatic imine (C=N–C) groups is 1. The van der Waals surface area contributed by atoms with Crippen LogP contribution in [0.4, 0.5) is 13.2 Å². The first-order valence-electron chi connectivity index (χ1n) is 8.70. The summed E-state index contributed by atoms with van der Waals surface area (Å²) in [5, 5.41) is 6.56. The van der Waals surface area contributed by atoms with E-state index in [1.807, 2.05) is 18.7 Å². The Kier molecular flexibility index (Phi) is 7.64. The molecule has 26 heavy (non-hydrogen) atoms. The van der Waals surface area contributed by atoms with E-state index in [4.69, 9.17) is 4.74 Å². The molecule has 0 bridgehead atoms. The van der Waals surface area contributed by atoms with Gasteiger partial charge in [-0.15, -0.1) is 0 Å². The molecule has 1 aliphatic rings. The third-order valence-electron chi connectivity index (χ3n) is 4.46. The number of ether oxygens (including phenoxy) is 1. The highest BCUT2D eigenvalue weighted by Gasteiger charge is 2.32. The molecule has 4 nitrogen and oxygen atoms in total. The van der Waals surface area contributed by atoms with Gasteiger partial charge in [0.1, 0.15) is 0 Å². The second-order valence-corrected chi connectivity index (χ2v) is 7.52. The molecule has 1 heterocycles. The number of halogens is 3. The number of nitrogens with zero attached hydrogens (tertiary/aromatic N) is 1. The van der Waals surface area contributed by atoms with Crippen molar-refractivity contribution in [2.45, 2.75) is 37.2 Å². The van der Waals surface area contributed by atoms with Crippen molar-refractivity contribution >= 4 is 17.7 Å². The van der Waals surface area contributed by atoms with E-state index in [1.165, 1.54) is 12.1 Å². The van der Waals surface area contributed by atoms with Crippen molar-refractivity contribution in [2.24, 2.45) is 4.99 Å². The van der Waals surface area contributed by atoms with E-state index >= 15 is 0 Å². The SMILES string of the molecule is CCNC(=NCc1ccc(C(F)(F)F)cc1)NCC1(SC)CCOCC1. The fourth-order valence-corrected chi connectivity index (χ4v) is 3.54. The van der Waals surface area contributed by atoms with Crippen molar-refractivity contribution in [2.75, 3.05) is 32.6 Å². The Hall–Kier alpha value is -1.41. The van der Waals surface area contributed by atoms with Crippen LogP contribution in [0.1, 0.15) is 30.9 Å². The Morgan fingerprint density at radius 3 is 2.38 bits per heavy atom. The monoisotopic (exact) mass is 389 g/mol. The Labute approximate surface area is 157 Å². The molecular formula is C18H26F3N3OS. The smallest absolute Gasteiger partial charge is 0.381 e. The number of nitrogens with one attached hydrogen (secondary N) is 2. The maximum atomic E-state index is 12.6. The van der Waals surface area contributed by atoms with Crippen LogP contribution in [0.3, 0.4) is 0 Å². The quantitative estimate of drug-likeness (QED) is 0.576. The molecule has 0 unspecified atom stereocenters. The summed E-state index contributed by atoms with van der Waals surface area (Å²) < 4.78 is 43.4. The predicted octanol–water partition coefficient (Wildman–Crippen LogP) is 3.67. The molecule has 0 atom stereocenters. The van der Waals surface area contributed by atoms with Crippen molar-refractivity contribution in [1.29, 1.82) is 0 Å². The van der Waals surface area contributed by atoms with Gasteiger partial charge in [-0.3, -0.25) is 0 Å². The maximum Gasteiger partial charge on any atom is 0.416 e. The summed E-state index contributed by atoms with van der Waals surface area (Å²) in [5.74, 6) is 0.673. The van der Waals surface area contributed by atoms with Gasteiger partial charge >= 0.3 is 6.18 Å². The molecule has 0 amide bonds. The van der Waals surface area contributed by atoms with Crippen LogP contribution in [0.15, 0.2) is 29.3 Å². The topological polar surface area (TPSA) is 45.7 Å². The van der Waals surface area contributed by atoms with Gasteiger partial charge in [0.15, 0.2) is 5.96 Å². The van der Waals surface area contributed by atoms with E-state index < -0.39 is 11.7 Å². The largest absolute Gasteiger partial charge is 0.416 e. The van der Waals surface area contributed by atoms with Gasteiger partial charge in [0.2, 0.25) is 0 Å². The average molecular weight is 389 g/mol. The summed E-state index contributed by atoms with van der Waals surface area (Å²) in [7, 11) is 0. The fraction of sp³-hybridized carbons (Fsp3) is 0.611. The lowest BCUT2D eigenvalue weighted by molar-refractivity contribution is -0.137. The molecule has 0 aliphatic carbocycles. The normalized spacial score (nSPS) is 17.8. The zero-order valence-electron chi connectivity index (χ0n) is 15.2. The lowest BCUT2D eigenvalue weighted by Crippen LogP contribution is -2.47. The second kappa shape index (κ2) is 9.50. The lowest BCUT2D eigenvalue weighted by atomic mass is 9.99. The number of rotatable bonds is 6. The summed E-state index contributed by atoms with van der Waals surface area (Å²) in [6.45, 7) is 5.32. The number of hydrogen-bond donors (Lipinski definition) is 2. The molecule has 2 N–H and O–H groups in total. The Bertz CT molecular complexity index is 584. The molecule has 1 aliphatic heterocycles. The van der Waals surface area contributed by atoms with Gasteiger partial charge in [-0.1, -0.05) is 12.1 Å². The number of hydrogen-bond acceptors (Lipinski definition) is 3. The van der Waals surface area contributed by atoms with Gasteiger partial charge < -0.3 is 15.4 Å². The number of thioether (sulfide) groups is 1. The summed E-state index contributed by atoms with van der Waals surface area (Å²) in [5.41, 5.74) is 0.0949. The highest BCUT2D eigenvalue weighted by Crippen LogP contribution is 2.33. The number of guanidine groups is 1. The average Bonchev–Trinajstić information content (AvgIpc) is 2.64. The minimum atomic E-state index is -4.31. The molecule has 1 fully saturated rings. The van der Waals surface area contributed by atoms with Crippen LogP contribution in [0, 0.1) is 0 Å². The Morgan fingerprint density at radius 2 is 1.85 bits per heavy atom. The van der Waals surface area contributed by atoms with Crippen LogP contribution in [0.5, 0.6) is 0 Å². The maximum absolute atomic E-state index is 12.6. The van der Waals surface area contributed by atoms with Crippen molar-refractivity contribution < 1.29 is 17.9 Å². The molecule has 1 aromatic rings. The zero-order valence-corrected chi connectivity index (χ0v) is 16.0. The Morgan fingerprint density at radius 1 is 1.19 bits per heavy atom. The third kappa shape index (κ3) is 6.09. The standard InChI is InChI=1S/C18H26F3N3OS/c1-3-22-16(24-13-17(26-2)8-10-25-11-9-17)23-12-14-4-6-15(7-5-14)18(19,20)21/h4-7H,3,8-13H2,1-2H3,(H2,22,23,24). The van der Waals surface area contributed by atoms with Crippen LogP contribution in [-0.2, 0) is 17.5 Å². The van der Waals surface area contributed by atoms with E-state index in [9.17, 15) is 13.2 Å². The summed E-state index contributed by atoms with van der Waals surface area (Å²) in [6.07, 6.45) is -0.230. The molecule has 0 aromatic heterocycles. The van der Waals surface area contributed by atoms with Gasteiger partial charge in [-0.05, 0) is 43.7 Å². The number of alkyl halides is 3. The van der Waals surface area contributed by atoms with Gasteiger partial charge in [-0.25, -0.2) is 4.99 Å². The van der Waals surface area contributed by atoms with Crippen molar-refractivity contribution in [3.63, 3.8) is 0 Å². The molecule has 0 radical (unpaired) electrons. The van der Waals surface area contributed by atoms with Gasteiger partial charge in [0.25, 0.3) is 0 Å². The van der Waals surface area contributed by atoms with Crippen LogP contribution in [0.2, 0.25) is 0 Å². The highest BCUT2D eigenvalue weighted by molar-refractivity contribution is 8.00. The molecule has 1 saturated heterocycles. The molecule has 2 rings (SSSR count). The van der Waals surface area contributed by atoms with Gasteiger partial charge in [-0.2, -0.15) is 24.9 Å². The molecular weight excluding hydrogens is 363 g/mol.